The number of benzene rings is 2. The van der Waals surface area contributed by atoms with Gasteiger partial charge in [-0.15, -0.1) is 0 Å². The SMILES string of the molecule is Cc1ccc2c(c1)-c1c(C(Cl)Cl)ccn1[C@@H](N=Nc1ccc([N+](=O)[O-])cc1)C(=O)N2. The molecule has 152 valence electrons. The van der Waals surface area contributed by atoms with Gasteiger partial charge in [0.25, 0.3) is 11.6 Å². The molecule has 1 atom stereocenters. The smallest absolute Gasteiger partial charge is 0.272 e. The Hall–Kier alpha value is -3.23. The number of nitro benzene ring substituents is 1. The Balaban J connectivity index is 1.79. The Morgan fingerprint density at radius 3 is 2.57 bits per heavy atom. The van der Waals surface area contributed by atoms with Crippen LogP contribution in [0.2, 0.25) is 0 Å². The number of carbonyl (C=O) groups is 1. The summed E-state index contributed by atoms with van der Waals surface area (Å²) < 4.78 is 1.67. The number of nitrogens with one attached hydrogen (secondary N) is 1. The van der Waals surface area contributed by atoms with Gasteiger partial charge >= 0.3 is 0 Å². The number of hydrogen-bond donors (Lipinski definition) is 1. The van der Waals surface area contributed by atoms with E-state index in [-0.39, 0.29) is 11.6 Å². The van der Waals surface area contributed by atoms with Gasteiger partial charge in [0.2, 0.25) is 6.17 Å². The summed E-state index contributed by atoms with van der Waals surface area (Å²) in [6.45, 7) is 1.95. The van der Waals surface area contributed by atoms with E-state index in [1.807, 2.05) is 25.1 Å². The molecule has 30 heavy (non-hydrogen) atoms. The molecule has 1 N–H and O–H groups in total. The molecule has 1 aromatic heterocycles. The third-order valence-corrected chi connectivity index (χ3v) is 5.18. The Morgan fingerprint density at radius 1 is 1.17 bits per heavy atom. The second kappa shape index (κ2) is 7.89. The summed E-state index contributed by atoms with van der Waals surface area (Å²) in [5.74, 6) is -0.382. The number of fused-ring (bicyclic) bond motifs is 3. The van der Waals surface area contributed by atoms with Crippen LogP contribution >= 0.6 is 23.2 Å². The lowest BCUT2D eigenvalue weighted by molar-refractivity contribution is -0.384. The first-order chi connectivity index (χ1) is 14.3. The van der Waals surface area contributed by atoms with E-state index in [2.05, 4.69) is 15.5 Å². The van der Waals surface area contributed by atoms with Crippen molar-refractivity contribution in [3.05, 3.63) is 76.0 Å². The van der Waals surface area contributed by atoms with Crippen LogP contribution in [0.15, 0.2) is 65.0 Å². The molecule has 0 aliphatic carbocycles. The lowest BCUT2D eigenvalue weighted by Gasteiger charge is -2.14. The predicted molar refractivity (Wildman–Crippen MR) is 114 cm³/mol. The largest absolute Gasteiger partial charge is 0.322 e. The van der Waals surface area contributed by atoms with Crippen molar-refractivity contribution in [2.24, 2.45) is 10.2 Å². The van der Waals surface area contributed by atoms with Crippen molar-refractivity contribution in [3.8, 4) is 11.3 Å². The van der Waals surface area contributed by atoms with Gasteiger partial charge in [-0.05, 0) is 37.3 Å². The number of halogens is 2. The third-order valence-electron chi connectivity index (χ3n) is 4.71. The van der Waals surface area contributed by atoms with Crippen LogP contribution in [0.4, 0.5) is 17.1 Å². The van der Waals surface area contributed by atoms with Gasteiger partial charge in [0.15, 0.2) is 0 Å². The third kappa shape index (κ3) is 3.67. The van der Waals surface area contributed by atoms with Gasteiger partial charge in [-0.25, -0.2) is 0 Å². The van der Waals surface area contributed by atoms with E-state index in [0.29, 0.717) is 22.6 Å². The quantitative estimate of drug-likeness (QED) is 0.228. The molecule has 0 spiro atoms. The summed E-state index contributed by atoms with van der Waals surface area (Å²) in [6.07, 6.45) is 0.683. The fourth-order valence-corrected chi connectivity index (χ4v) is 3.65. The number of rotatable bonds is 4. The molecule has 0 radical (unpaired) electrons. The van der Waals surface area contributed by atoms with Crippen molar-refractivity contribution >= 4 is 46.2 Å². The van der Waals surface area contributed by atoms with E-state index in [9.17, 15) is 14.9 Å². The van der Waals surface area contributed by atoms with Crippen molar-refractivity contribution in [1.82, 2.24) is 4.57 Å². The van der Waals surface area contributed by atoms with Gasteiger partial charge in [0.1, 0.15) is 4.84 Å². The molecule has 0 unspecified atom stereocenters. The normalized spacial score (nSPS) is 15.6. The van der Waals surface area contributed by atoms with Gasteiger partial charge in [0, 0.05) is 29.5 Å². The second-order valence-electron chi connectivity index (χ2n) is 6.73. The summed E-state index contributed by atoms with van der Waals surface area (Å²) >= 11 is 12.4. The first-order valence-electron chi connectivity index (χ1n) is 8.91. The van der Waals surface area contributed by atoms with E-state index in [1.54, 1.807) is 16.8 Å². The highest BCUT2D eigenvalue weighted by atomic mass is 35.5. The van der Waals surface area contributed by atoms with E-state index in [0.717, 1.165) is 11.1 Å². The first kappa shape index (κ1) is 20.1. The molecular weight excluding hydrogens is 429 g/mol. The van der Waals surface area contributed by atoms with Crippen LogP contribution in [0.1, 0.15) is 22.1 Å². The standard InChI is InChI=1S/C20H15Cl2N5O3/c1-11-2-7-16-15(10-11)17-14(18(21)22)8-9-26(17)19(20(28)23-16)25-24-12-3-5-13(6-4-12)27(29)30/h2-10,18-19H,1H3,(H,23,28)/t19-/m1/s1. The average Bonchev–Trinajstić information content (AvgIpc) is 3.10. The number of hydrogen-bond acceptors (Lipinski definition) is 5. The Kier molecular flexibility index (Phi) is 5.27. The lowest BCUT2D eigenvalue weighted by atomic mass is 10.0. The van der Waals surface area contributed by atoms with E-state index in [4.69, 9.17) is 23.2 Å². The van der Waals surface area contributed by atoms with Gasteiger partial charge < -0.3 is 9.88 Å². The zero-order valence-corrected chi connectivity index (χ0v) is 17.1. The Morgan fingerprint density at radius 2 is 1.90 bits per heavy atom. The molecule has 0 fully saturated rings. The van der Waals surface area contributed by atoms with Crippen molar-refractivity contribution in [1.29, 1.82) is 0 Å². The molecule has 1 aliphatic rings. The number of anilines is 1. The molecule has 1 amide bonds. The number of carbonyl (C=O) groups excluding carboxylic acids is 1. The summed E-state index contributed by atoms with van der Waals surface area (Å²) in [4.78, 5) is 22.4. The number of aromatic nitrogens is 1. The molecule has 0 bridgehead atoms. The molecule has 0 saturated heterocycles. The topological polar surface area (TPSA) is 102 Å². The van der Waals surface area contributed by atoms with Crippen LogP contribution in [0.3, 0.4) is 0 Å². The van der Waals surface area contributed by atoms with E-state index >= 15 is 0 Å². The van der Waals surface area contributed by atoms with Crippen molar-refractivity contribution in [2.45, 2.75) is 17.9 Å². The lowest BCUT2D eigenvalue weighted by Crippen LogP contribution is -2.22. The van der Waals surface area contributed by atoms with Crippen LogP contribution in [0.5, 0.6) is 0 Å². The van der Waals surface area contributed by atoms with E-state index in [1.165, 1.54) is 24.3 Å². The maximum absolute atomic E-state index is 12.9. The van der Waals surface area contributed by atoms with Gasteiger partial charge in [0.05, 0.1) is 22.0 Å². The Labute approximate surface area is 181 Å². The number of aryl methyl sites for hydroxylation is 1. The molecule has 10 heteroatoms. The highest BCUT2D eigenvalue weighted by molar-refractivity contribution is 6.44. The summed E-state index contributed by atoms with van der Waals surface area (Å²) in [5, 5.41) is 22.0. The summed E-state index contributed by atoms with van der Waals surface area (Å²) in [5.41, 5.74) is 4.06. The minimum atomic E-state index is -1.01. The van der Waals surface area contributed by atoms with Gasteiger partial charge in [-0.3, -0.25) is 14.9 Å². The fraction of sp³-hybridized carbons (Fsp3) is 0.150. The number of non-ortho nitro benzene ring substituents is 1. The minimum Gasteiger partial charge on any atom is -0.322 e. The highest BCUT2D eigenvalue weighted by Crippen LogP contribution is 2.42. The number of nitrogens with zero attached hydrogens (tertiary/aromatic N) is 4. The maximum Gasteiger partial charge on any atom is 0.272 e. The minimum absolute atomic E-state index is 0.0559. The van der Waals surface area contributed by atoms with Crippen LogP contribution in [0, 0.1) is 17.0 Å². The molecule has 8 nitrogen and oxygen atoms in total. The fourth-order valence-electron chi connectivity index (χ4n) is 3.29. The van der Waals surface area contributed by atoms with Crippen molar-refractivity contribution < 1.29 is 9.72 Å². The molecule has 1 aliphatic heterocycles. The summed E-state index contributed by atoms with van der Waals surface area (Å²) in [6, 6.07) is 13.0. The van der Waals surface area contributed by atoms with Crippen molar-refractivity contribution in [3.63, 3.8) is 0 Å². The predicted octanol–water partition coefficient (Wildman–Crippen LogP) is 6.08. The number of amides is 1. The zero-order valence-electron chi connectivity index (χ0n) is 15.6. The van der Waals surface area contributed by atoms with Gasteiger partial charge in [-0.1, -0.05) is 34.8 Å². The Bertz CT molecular complexity index is 1170. The average molecular weight is 444 g/mol. The van der Waals surface area contributed by atoms with Crippen molar-refractivity contribution in [2.75, 3.05) is 5.32 Å². The molecule has 3 aromatic rings. The molecule has 2 aromatic carbocycles. The number of azo groups is 1. The van der Waals surface area contributed by atoms with Crippen LogP contribution in [-0.2, 0) is 4.79 Å². The number of alkyl halides is 2. The molecule has 4 rings (SSSR count). The van der Waals surface area contributed by atoms with Crippen LogP contribution in [0.25, 0.3) is 11.3 Å². The number of nitro groups is 1. The second-order valence-corrected chi connectivity index (χ2v) is 7.82. The highest BCUT2D eigenvalue weighted by Gasteiger charge is 2.31. The summed E-state index contributed by atoms with van der Waals surface area (Å²) in [7, 11) is 0. The van der Waals surface area contributed by atoms with Gasteiger partial charge in [-0.2, -0.15) is 10.2 Å². The molecular formula is C20H15Cl2N5O3. The molecule has 0 saturated carbocycles. The monoisotopic (exact) mass is 443 g/mol. The molecule has 2 heterocycles. The maximum atomic E-state index is 12.9. The van der Waals surface area contributed by atoms with Crippen LogP contribution in [-0.4, -0.2) is 15.4 Å². The van der Waals surface area contributed by atoms with Crippen LogP contribution < -0.4 is 5.32 Å². The first-order valence-corrected chi connectivity index (χ1v) is 9.78. The zero-order chi connectivity index (χ0) is 21.4. The van der Waals surface area contributed by atoms with E-state index < -0.39 is 15.9 Å².